The molecule has 0 saturated heterocycles. The number of aromatic nitrogens is 1. The molecule has 0 aromatic carbocycles. The summed E-state index contributed by atoms with van der Waals surface area (Å²) in [6, 6.07) is 1.65. The van der Waals surface area contributed by atoms with Gasteiger partial charge in [0.25, 0.3) is 6.43 Å². The smallest absolute Gasteiger partial charge is 0.265 e. The van der Waals surface area contributed by atoms with Crippen LogP contribution in [-0.4, -0.2) is 10.8 Å². The standard InChI is InChI=1S/C27H33F2NO/c1-4-16-12-20-22-6-5-21(17-11-18(25(28)29)15-30-14-17)26(22,2)10-8-23(20)27(3)9-7-19(31)13-24(16)27/h5,11,13-16,20,22-23,25H,4,6-10,12H2,1-3H3. The fourth-order valence-electron chi connectivity index (χ4n) is 7.91. The van der Waals surface area contributed by atoms with Gasteiger partial charge in [0.15, 0.2) is 5.78 Å². The van der Waals surface area contributed by atoms with Gasteiger partial charge in [0, 0.05) is 24.4 Å². The topological polar surface area (TPSA) is 30.0 Å². The van der Waals surface area contributed by atoms with Crippen LogP contribution in [0.3, 0.4) is 0 Å². The van der Waals surface area contributed by atoms with Crippen molar-refractivity contribution in [1.29, 1.82) is 0 Å². The number of carbonyl (C=O) groups excluding carboxylic acids is 1. The molecule has 2 fully saturated rings. The van der Waals surface area contributed by atoms with Gasteiger partial charge in [-0.05, 0) is 96.3 Å². The summed E-state index contributed by atoms with van der Waals surface area (Å²) in [5.74, 6) is 2.58. The number of hydrogen-bond acceptors (Lipinski definition) is 2. The predicted octanol–water partition coefficient (Wildman–Crippen LogP) is 7.18. The molecule has 2 saturated carbocycles. The number of nitrogens with zero attached hydrogens (tertiary/aromatic N) is 1. The number of carbonyl (C=O) groups is 1. The molecule has 1 aromatic heterocycles. The third kappa shape index (κ3) is 3.08. The van der Waals surface area contributed by atoms with E-state index in [0.717, 1.165) is 44.1 Å². The van der Waals surface area contributed by atoms with Crippen LogP contribution >= 0.6 is 0 Å². The first-order valence-corrected chi connectivity index (χ1v) is 12.0. The fourth-order valence-corrected chi connectivity index (χ4v) is 7.91. The Kier molecular flexibility index (Phi) is 4.99. The van der Waals surface area contributed by atoms with E-state index in [9.17, 15) is 13.6 Å². The second-order valence-electron chi connectivity index (χ2n) is 10.8. The Morgan fingerprint density at radius 1 is 1.16 bits per heavy atom. The second-order valence-corrected chi connectivity index (χ2v) is 10.8. The average molecular weight is 426 g/mol. The largest absolute Gasteiger partial charge is 0.295 e. The molecule has 166 valence electrons. The quantitative estimate of drug-likeness (QED) is 0.513. The van der Waals surface area contributed by atoms with Crippen LogP contribution in [0, 0.1) is 34.5 Å². The molecular weight excluding hydrogens is 392 g/mol. The first-order valence-electron chi connectivity index (χ1n) is 12.0. The van der Waals surface area contributed by atoms with Gasteiger partial charge in [-0.2, -0.15) is 0 Å². The van der Waals surface area contributed by atoms with Gasteiger partial charge < -0.3 is 0 Å². The third-order valence-corrected chi connectivity index (χ3v) is 9.51. The maximum absolute atomic E-state index is 13.3. The molecule has 4 aliphatic rings. The van der Waals surface area contributed by atoms with Crippen molar-refractivity contribution in [1.82, 2.24) is 4.98 Å². The summed E-state index contributed by atoms with van der Waals surface area (Å²) < 4.78 is 26.6. The van der Waals surface area contributed by atoms with Crippen molar-refractivity contribution in [3.63, 3.8) is 0 Å². The molecule has 0 spiro atoms. The van der Waals surface area contributed by atoms with E-state index in [2.05, 4.69) is 31.8 Å². The molecule has 0 bridgehead atoms. The van der Waals surface area contributed by atoms with Crippen LogP contribution in [0.2, 0.25) is 0 Å². The van der Waals surface area contributed by atoms with Gasteiger partial charge in [-0.25, -0.2) is 8.78 Å². The van der Waals surface area contributed by atoms with Crippen molar-refractivity contribution in [2.45, 2.75) is 72.1 Å². The van der Waals surface area contributed by atoms with E-state index in [4.69, 9.17) is 0 Å². The molecule has 1 aromatic rings. The van der Waals surface area contributed by atoms with Gasteiger partial charge in [0.1, 0.15) is 0 Å². The Hall–Kier alpha value is -1.84. The molecule has 2 nitrogen and oxygen atoms in total. The molecule has 1 heterocycles. The zero-order valence-electron chi connectivity index (χ0n) is 18.8. The number of allylic oxidation sites excluding steroid dienone is 4. The summed E-state index contributed by atoms with van der Waals surface area (Å²) in [5.41, 5.74) is 3.69. The van der Waals surface area contributed by atoms with Gasteiger partial charge in [-0.15, -0.1) is 0 Å². The molecule has 4 heteroatoms. The van der Waals surface area contributed by atoms with Crippen molar-refractivity contribution < 1.29 is 13.6 Å². The van der Waals surface area contributed by atoms with Crippen LogP contribution in [0.25, 0.3) is 5.57 Å². The number of pyridine rings is 1. The molecule has 6 unspecified atom stereocenters. The molecule has 31 heavy (non-hydrogen) atoms. The maximum Gasteiger partial charge on any atom is 0.265 e. The van der Waals surface area contributed by atoms with Crippen LogP contribution in [0.5, 0.6) is 0 Å². The van der Waals surface area contributed by atoms with Gasteiger partial charge in [0.2, 0.25) is 0 Å². The Morgan fingerprint density at radius 3 is 2.71 bits per heavy atom. The zero-order chi connectivity index (χ0) is 22.0. The average Bonchev–Trinajstić information content (AvgIpc) is 3.11. The fraction of sp³-hybridized carbons (Fsp3) is 0.630. The summed E-state index contributed by atoms with van der Waals surface area (Å²) in [6.45, 7) is 7.04. The van der Waals surface area contributed by atoms with E-state index in [1.54, 1.807) is 12.3 Å². The Morgan fingerprint density at radius 2 is 1.97 bits per heavy atom. The number of ketones is 1. The lowest BCUT2D eigenvalue weighted by Crippen LogP contribution is -2.52. The second kappa shape index (κ2) is 7.35. The first-order chi connectivity index (χ1) is 14.8. The van der Waals surface area contributed by atoms with E-state index in [0.29, 0.717) is 35.9 Å². The Labute approximate surface area is 184 Å². The zero-order valence-corrected chi connectivity index (χ0v) is 18.8. The number of alkyl halides is 2. The summed E-state index contributed by atoms with van der Waals surface area (Å²) in [5, 5.41) is 0. The minimum atomic E-state index is -2.49. The summed E-state index contributed by atoms with van der Waals surface area (Å²) in [7, 11) is 0. The number of fused-ring (bicyclic) bond motifs is 5. The monoisotopic (exact) mass is 425 g/mol. The molecular formula is C27H33F2NO. The third-order valence-electron chi connectivity index (χ3n) is 9.51. The first kappa shape index (κ1) is 21.0. The van der Waals surface area contributed by atoms with E-state index in [-0.39, 0.29) is 16.4 Å². The van der Waals surface area contributed by atoms with E-state index >= 15 is 0 Å². The van der Waals surface area contributed by atoms with Gasteiger partial charge in [-0.1, -0.05) is 32.4 Å². The number of rotatable bonds is 3. The lowest BCUT2D eigenvalue weighted by Gasteiger charge is -2.59. The molecule has 0 N–H and O–H groups in total. The highest BCUT2D eigenvalue weighted by Crippen LogP contribution is 2.67. The molecule has 6 atom stereocenters. The number of halogens is 2. The van der Waals surface area contributed by atoms with Gasteiger partial charge in [-0.3, -0.25) is 9.78 Å². The molecule has 4 aliphatic carbocycles. The lowest BCUT2D eigenvalue weighted by atomic mass is 9.45. The highest BCUT2D eigenvalue weighted by molar-refractivity contribution is 5.91. The summed E-state index contributed by atoms with van der Waals surface area (Å²) in [6.07, 6.45) is 12.0. The Bertz CT molecular complexity index is 966. The van der Waals surface area contributed by atoms with E-state index in [1.807, 2.05) is 6.08 Å². The van der Waals surface area contributed by atoms with E-state index in [1.165, 1.54) is 17.3 Å². The van der Waals surface area contributed by atoms with Crippen molar-refractivity contribution in [2.24, 2.45) is 34.5 Å². The van der Waals surface area contributed by atoms with Crippen LogP contribution < -0.4 is 0 Å². The SMILES string of the molecule is CCC1CC2C3CC=C(c4cncc(C(F)F)c4)C3(C)CCC2C2(C)CCC(=O)C=C12. The van der Waals surface area contributed by atoms with Crippen LogP contribution in [0.1, 0.15) is 83.3 Å². The van der Waals surface area contributed by atoms with Crippen LogP contribution in [0.15, 0.2) is 36.2 Å². The molecule has 5 rings (SSSR count). The summed E-state index contributed by atoms with van der Waals surface area (Å²) >= 11 is 0. The normalized spacial score (nSPS) is 39.5. The molecule has 0 amide bonds. The van der Waals surface area contributed by atoms with Crippen molar-refractivity contribution in [3.05, 3.63) is 47.3 Å². The van der Waals surface area contributed by atoms with Crippen LogP contribution in [-0.2, 0) is 4.79 Å². The highest BCUT2D eigenvalue weighted by atomic mass is 19.3. The molecule has 0 radical (unpaired) electrons. The lowest BCUT2D eigenvalue weighted by molar-refractivity contribution is -0.117. The number of hydrogen-bond donors (Lipinski definition) is 0. The van der Waals surface area contributed by atoms with Crippen molar-refractivity contribution in [2.75, 3.05) is 0 Å². The minimum absolute atomic E-state index is 0.0111. The minimum Gasteiger partial charge on any atom is -0.295 e. The van der Waals surface area contributed by atoms with Crippen LogP contribution in [0.4, 0.5) is 8.78 Å². The van der Waals surface area contributed by atoms with Crippen molar-refractivity contribution >= 4 is 11.4 Å². The van der Waals surface area contributed by atoms with E-state index < -0.39 is 6.43 Å². The molecule has 0 aliphatic heterocycles. The predicted molar refractivity (Wildman–Crippen MR) is 118 cm³/mol. The van der Waals surface area contributed by atoms with Gasteiger partial charge >= 0.3 is 0 Å². The van der Waals surface area contributed by atoms with Gasteiger partial charge in [0.05, 0.1) is 0 Å². The maximum atomic E-state index is 13.3. The Balaban J connectivity index is 1.49. The highest BCUT2D eigenvalue weighted by Gasteiger charge is 2.58. The summed E-state index contributed by atoms with van der Waals surface area (Å²) in [4.78, 5) is 16.4. The van der Waals surface area contributed by atoms with Crippen molar-refractivity contribution in [3.8, 4) is 0 Å².